The quantitative estimate of drug-likeness (QED) is 0.700. The monoisotopic (exact) mass is 395 g/mol. The molecule has 0 saturated heterocycles. The van der Waals surface area contributed by atoms with Crippen LogP contribution in [0.15, 0.2) is 5.10 Å². The van der Waals surface area contributed by atoms with Gasteiger partial charge in [-0.2, -0.15) is 0 Å². The van der Waals surface area contributed by atoms with E-state index in [0.717, 1.165) is 0 Å². The van der Waals surface area contributed by atoms with Crippen LogP contribution in [-0.4, -0.2) is 30.0 Å². The van der Waals surface area contributed by atoms with Crippen molar-refractivity contribution in [3.8, 4) is 0 Å². The summed E-state index contributed by atoms with van der Waals surface area (Å²) < 4.78 is 1.36. The minimum atomic E-state index is 0.360. The molecular weight excluding hydrogens is 376 g/mol. The molecule has 1 heterocycles. The van der Waals surface area contributed by atoms with Crippen molar-refractivity contribution in [3.63, 3.8) is 0 Å². The summed E-state index contributed by atoms with van der Waals surface area (Å²) in [6, 6.07) is 0.586. The van der Waals surface area contributed by atoms with Gasteiger partial charge in [-0.05, 0) is 0 Å². The van der Waals surface area contributed by atoms with E-state index in [1.807, 2.05) is 0 Å². The number of rotatable bonds is 2. The zero-order valence-corrected chi connectivity index (χ0v) is 17.8. The molecule has 1 aliphatic rings. The third-order valence-electron chi connectivity index (χ3n) is 2.50. The second-order valence-electron chi connectivity index (χ2n) is 4.38. The molecule has 13 heavy (non-hydrogen) atoms. The Kier molecular flexibility index (Phi) is 4.09. The molecule has 1 aliphatic heterocycles. The van der Waals surface area contributed by atoms with E-state index < -0.39 is 0 Å². The van der Waals surface area contributed by atoms with E-state index in [1.165, 1.54) is 0.877 Å². The van der Waals surface area contributed by atoms with Crippen LogP contribution in [-0.2, 0) is 0 Å². The van der Waals surface area contributed by atoms with Crippen LogP contribution >= 0.6 is 0 Å². The van der Waals surface area contributed by atoms with E-state index in [9.17, 15) is 0 Å². The molecule has 0 amide bonds. The van der Waals surface area contributed by atoms with Crippen molar-refractivity contribution in [3.05, 3.63) is 0 Å². The van der Waals surface area contributed by atoms with Gasteiger partial charge in [0.05, 0.1) is 0 Å². The normalized spacial score (nSPS) is 23.2. The minimum absolute atomic E-state index is 0.360. The summed E-state index contributed by atoms with van der Waals surface area (Å²) in [5.41, 5.74) is 0. The Hall–Kier alpha value is 0.738. The molecule has 3 nitrogen and oxygen atoms in total. The van der Waals surface area contributed by atoms with Crippen LogP contribution in [0.2, 0.25) is 0 Å². The molecule has 4 heteroatoms. The first-order valence-electron chi connectivity index (χ1n) is 5.01. The average molecular weight is 395 g/mol. The van der Waals surface area contributed by atoms with Crippen molar-refractivity contribution in [2.45, 2.75) is 39.9 Å². The molecule has 0 aromatic heterocycles. The summed E-state index contributed by atoms with van der Waals surface area (Å²) in [4.78, 5) is 2.48. The van der Waals surface area contributed by atoms with Gasteiger partial charge in [-0.3, -0.25) is 0 Å². The maximum absolute atomic E-state index is 4.57. The molecule has 0 saturated carbocycles. The zero-order chi connectivity index (χ0) is 10.2. The molecule has 1 rings (SSSR count). The van der Waals surface area contributed by atoms with Crippen LogP contribution in [0.25, 0.3) is 0 Å². The van der Waals surface area contributed by atoms with Gasteiger partial charge < -0.3 is 0 Å². The van der Waals surface area contributed by atoms with Gasteiger partial charge in [0.1, 0.15) is 0 Å². The number of hydrazone groups is 1. The molecule has 0 aromatic carbocycles. The third-order valence-corrected chi connectivity index (χ3v) is 5.44. The summed E-state index contributed by atoms with van der Waals surface area (Å²) in [6.07, 6.45) is 0.488. The fourth-order valence-corrected chi connectivity index (χ4v) is 6.65. The first-order chi connectivity index (χ1) is 5.95. The predicted octanol–water partition coefficient (Wildman–Crippen LogP) is 1.18. The molecule has 1 unspecified atom stereocenters. The van der Waals surface area contributed by atoms with Crippen LogP contribution in [0.5, 0.6) is 0 Å². The van der Waals surface area contributed by atoms with Crippen molar-refractivity contribution >= 4 is 0.877 Å². The van der Waals surface area contributed by atoms with Gasteiger partial charge in [0.25, 0.3) is 0 Å². The number of hydrogen-bond acceptors (Lipinski definition) is 3. The van der Waals surface area contributed by atoms with Crippen molar-refractivity contribution in [2.75, 3.05) is 7.05 Å². The van der Waals surface area contributed by atoms with Crippen LogP contribution in [0, 0.1) is 48.7 Å². The second kappa shape index (κ2) is 4.50. The van der Waals surface area contributed by atoms with E-state index in [0.29, 0.717) is 60.9 Å². The van der Waals surface area contributed by atoms with Gasteiger partial charge in [-0.25, -0.2) is 0 Å². The molecule has 0 N–H and O–H groups in total. The summed E-state index contributed by atoms with van der Waals surface area (Å²) in [7, 11) is 2.09. The summed E-state index contributed by atoms with van der Waals surface area (Å²) in [6.45, 7) is 9.04. The van der Waals surface area contributed by atoms with Crippen molar-refractivity contribution in [2.24, 2.45) is 11.0 Å². The topological polar surface area (TPSA) is 18.8 Å². The number of amidine groups is 1. The molecule has 1 atom stereocenters. The fourth-order valence-electron chi connectivity index (χ4n) is 2.14. The Labute approximate surface area is 110 Å². The van der Waals surface area contributed by atoms with Crippen LogP contribution < -0.4 is 0 Å². The molecule has 0 bridgehead atoms. The summed E-state index contributed by atoms with van der Waals surface area (Å²) >= 11 is 0.360. The first kappa shape index (κ1) is 11.8. The molecule has 0 spiro atoms. The second-order valence-corrected chi connectivity index (χ2v) is 8.06. The average Bonchev–Trinajstić information content (AvgIpc) is 2.24. The molecule has 0 aliphatic carbocycles. The molecule has 0 radical (unpaired) electrons. The third kappa shape index (κ3) is 2.40. The van der Waals surface area contributed by atoms with E-state index in [4.69, 9.17) is 0 Å². The Bertz CT molecular complexity index is 213. The standard InChI is InChI=1S/C9H18N3.Ra.H/c1-7(2)9-11(5)10-6-12(9)8(3)4;;/h7-9H,1-5H3;;. The fraction of sp³-hybridized carbons (Fsp3) is 0.889. The van der Waals surface area contributed by atoms with E-state index >= 15 is 0 Å². The molecular formula is C9H19N3Ra. The van der Waals surface area contributed by atoms with Crippen molar-refractivity contribution in [1.29, 1.82) is 0 Å². The first-order valence-corrected chi connectivity index (χ1v) is 9.12. The molecule has 0 fully saturated rings. The molecule has 0 aromatic rings. The Morgan fingerprint density at radius 3 is 2.15 bits per heavy atom. The number of nitrogens with zero attached hydrogens (tertiary/aromatic N) is 3. The summed E-state index contributed by atoms with van der Waals surface area (Å²) in [5.74, 6) is 0.642. The van der Waals surface area contributed by atoms with Crippen molar-refractivity contribution in [1.82, 2.24) is 9.91 Å². The Morgan fingerprint density at radius 2 is 1.85 bits per heavy atom. The van der Waals surface area contributed by atoms with Crippen LogP contribution in [0.3, 0.4) is 0 Å². The maximum atomic E-state index is 4.57. The predicted molar refractivity (Wildman–Crippen MR) is 52.2 cm³/mol. The van der Waals surface area contributed by atoms with E-state index in [2.05, 4.69) is 49.8 Å². The van der Waals surface area contributed by atoms with E-state index in [1.54, 1.807) is 0 Å². The van der Waals surface area contributed by atoms with Gasteiger partial charge in [0.15, 0.2) is 0 Å². The van der Waals surface area contributed by atoms with Gasteiger partial charge in [-0.1, -0.05) is 0 Å². The van der Waals surface area contributed by atoms with Crippen LogP contribution in [0.1, 0.15) is 27.7 Å². The summed E-state index contributed by atoms with van der Waals surface area (Å²) in [5, 5.41) is 6.70. The van der Waals surface area contributed by atoms with Gasteiger partial charge >= 0.3 is 112 Å². The van der Waals surface area contributed by atoms with Crippen LogP contribution in [0.4, 0.5) is 0 Å². The van der Waals surface area contributed by atoms with Crippen molar-refractivity contribution < 1.29 is 42.8 Å². The van der Waals surface area contributed by atoms with Gasteiger partial charge in [0.2, 0.25) is 0 Å². The SMILES string of the molecule is CC(C)C1N(C)N=[C]([RaH])N1C(C)C. The van der Waals surface area contributed by atoms with Gasteiger partial charge in [-0.15, -0.1) is 0 Å². The van der Waals surface area contributed by atoms with E-state index in [-0.39, 0.29) is 0 Å². The molecule has 72 valence electrons. The zero-order valence-electron chi connectivity index (χ0n) is 9.57. The Balaban J connectivity index is 2.84. The number of hydrogen-bond donors (Lipinski definition) is 0. The van der Waals surface area contributed by atoms with Gasteiger partial charge in [0, 0.05) is 0 Å². The Morgan fingerprint density at radius 1 is 1.31 bits per heavy atom.